The van der Waals surface area contributed by atoms with Crippen LogP contribution in [-0.4, -0.2) is 20.5 Å². The Bertz CT molecular complexity index is 210. The lowest BCUT2D eigenvalue weighted by Gasteiger charge is -2.42. The molecule has 1 rings (SSSR count). The Morgan fingerprint density at radius 1 is 1.13 bits per heavy atom. The first-order chi connectivity index (χ1) is 6.74. The van der Waals surface area contributed by atoms with Gasteiger partial charge in [-0.15, -0.1) is 0 Å². The highest BCUT2D eigenvalue weighted by molar-refractivity contribution is 6.74. The summed E-state index contributed by atoms with van der Waals surface area (Å²) in [6.45, 7) is 11.5. The van der Waals surface area contributed by atoms with Gasteiger partial charge >= 0.3 is 0 Å². The highest BCUT2D eigenvalue weighted by atomic mass is 28.4. The maximum atomic E-state index is 6.37. The molecular weight excluding hydrogens is 202 g/mol. The quantitative estimate of drug-likeness (QED) is 0.738. The Morgan fingerprint density at radius 2 is 1.67 bits per heavy atom. The van der Waals surface area contributed by atoms with Crippen LogP contribution < -0.4 is 5.73 Å². The molecule has 2 atom stereocenters. The fourth-order valence-corrected chi connectivity index (χ4v) is 3.23. The van der Waals surface area contributed by atoms with Crippen LogP contribution in [0, 0.1) is 0 Å². The van der Waals surface area contributed by atoms with E-state index in [9.17, 15) is 0 Å². The molecule has 15 heavy (non-hydrogen) atoms. The largest absolute Gasteiger partial charge is 0.412 e. The lowest BCUT2D eigenvalue weighted by molar-refractivity contribution is 0.117. The van der Waals surface area contributed by atoms with Crippen molar-refractivity contribution in [1.29, 1.82) is 0 Å². The third-order valence-electron chi connectivity index (χ3n) is 4.01. The monoisotopic (exact) mass is 229 g/mol. The first-order valence-electron chi connectivity index (χ1n) is 6.17. The lowest BCUT2D eigenvalue weighted by atomic mass is 9.93. The summed E-state index contributed by atoms with van der Waals surface area (Å²) < 4.78 is 6.37. The smallest absolute Gasteiger partial charge is 0.192 e. The third-order valence-corrected chi connectivity index (χ3v) is 8.51. The van der Waals surface area contributed by atoms with Gasteiger partial charge in [-0.05, 0) is 31.0 Å². The Morgan fingerprint density at radius 3 is 2.13 bits per heavy atom. The van der Waals surface area contributed by atoms with Crippen LogP contribution in [0.15, 0.2) is 0 Å². The minimum Gasteiger partial charge on any atom is -0.412 e. The SMILES string of the molecule is CC(C)(C)[Si](C)(C)O[C@H]1CCCC[C@H]1N. The number of hydrogen-bond acceptors (Lipinski definition) is 2. The van der Waals surface area contributed by atoms with Crippen molar-refractivity contribution in [1.82, 2.24) is 0 Å². The minimum atomic E-state index is -1.61. The number of nitrogens with two attached hydrogens (primary N) is 1. The van der Waals surface area contributed by atoms with Gasteiger partial charge in [0.25, 0.3) is 0 Å². The topological polar surface area (TPSA) is 35.2 Å². The van der Waals surface area contributed by atoms with E-state index in [0.717, 1.165) is 12.8 Å². The summed E-state index contributed by atoms with van der Waals surface area (Å²) in [4.78, 5) is 0. The van der Waals surface area contributed by atoms with Crippen molar-refractivity contribution >= 4 is 8.32 Å². The van der Waals surface area contributed by atoms with Crippen LogP contribution in [-0.2, 0) is 4.43 Å². The van der Waals surface area contributed by atoms with Crippen LogP contribution in [0.4, 0.5) is 0 Å². The van der Waals surface area contributed by atoms with E-state index in [-0.39, 0.29) is 6.04 Å². The molecule has 2 N–H and O–H groups in total. The van der Waals surface area contributed by atoms with Crippen molar-refractivity contribution < 1.29 is 4.43 Å². The van der Waals surface area contributed by atoms with E-state index in [1.165, 1.54) is 12.8 Å². The molecular formula is C12H27NOSi. The van der Waals surface area contributed by atoms with E-state index >= 15 is 0 Å². The Hall–Kier alpha value is 0.137. The molecule has 3 heteroatoms. The van der Waals surface area contributed by atoms with Crippen LogP contribution >= 0.6 is 0 Å². The zero-order valence-electron chi connectivity index (χ0n) is 11.0. The first kappa shape index (κ1) is 13.2. The van der Waals surface area contributed by atoms with Gasteiger partial charge in [0.15, 0.2) is 8.32 Å². The van der Waals surface area contributed by atoms with Crippen LogP contribution in [0.5, 0.6) is 0 Å². The summed E-state index contributed by atoms with van der Waals surface area (Å²) in [6, 6.07) is 0.271. The summed E-state index contributed by atoms with van der Waals surface area (Å²) in [7, 11) is -1.61. The summed E-state index contributed by atoms with van der Waals surface area (Å²) >= 11 is 0. The van der Waals surface area contributed by atoms with Crippen LogP contribution in [0.2, 0.25) is 18.1 Å². The van der Waals surface area contributed by atoms with Crippen molar-refractivity contribution in [2.24, 2.45) is 5.73 Å². The van der Waals surface area contributed by atoms with Gasteiger partial charge < -0.3 is 10.2 Å². The van der Waals surface area contributed by atoms with Crippen LogP contribution in [0.3, 0.4) is 0 Å². The molecule has 0 aromatic carbocycles. The number of rotatable bonds is 2. The van der Waals surface area contributed by atoms with Gasteiger partial charge in [-0.1, -0.05) is 33.6 Å². The molecule has 1 aliphatic rings. The van der Waals surface area contributed by atoms with Crippen LogP contribution in [0.1, 0.15) is 46.5 Å². The lowest BCUT2D eigenvalue weighted by Crippen LogP contribution is -2.50. The van der Waals surface area contributed by atoms with Gasteiger partial charge in [0.05, 0.1) is 6.10 Å². The van der Waals surface area contributed by atoms with Crippen molar-refractivity contribution in [3.8, 4) is 0 Å². The predicted molar refractivity (Wildman–Crippen MR) is 68.5 cm³/mol. The van der Waals surface area contributed by atoms with Gasteiger partial charge in [-0.2, -0.15) is 0 Å². The highest BCUT2D eigenvalue weighted by Crippen LogP contribution is 2.38. The van der Waals surface area contributed by atoms with Gasteiger partial charge in [-0.25, -0.2) is 0 Å². The fraction of sp³-hybridized carbons (Fsp3) is 1.00. The van der Waals surface area contributed by atoms with Gasteiger partial charge in [0, 0.05) is 6.04 Å². The molecule has 0 bridgehead atoms. The van der Waals surface area contributed by atoms with Crippen molar-refractivity contribution in [3.05, 3.63) is 0 Å². The van der Waals surface area contributed by atoms with Crippen molar-refractivity contribution in [3.63, 3.8) is 0 Å². The molecule has 0 aromatic rings. The summed E-state index contributed by atoms with van der Waals surface area (Å²) in [5.74, 6) is 0. The molecule has 1 saturated carbocycles. The standard InChI is InChI=1S/C12H27NOSi/c1-12(2,3)15(4,5)14-11-9-7-6-8-10(11)13/h10-11H,6-9,13H2,1-5H3/t10-,11+/m1/s1. The molecule has 0 aliphatic heterocycles. The van der Waals surface area contributed by atoms with Gasteiger partial charge in [-0.3, -0.25) is 0 Å². The zero-order valence-corrected chi connectivity index (χ0v) is 12.0. The summed E-state index contributed by atoms with van der Waals surface area (Å²) in [5, 5.41) is 0.296. The number of hydrogen-bond donors (Lipinski definition) is 1. The molecule has 1 aliphatic carbocycles. The van der Waals surface area contributed by atoms with E-state index in [2.05, 4.69) is 33.9 Å². The van der Waals surface area contributed by atoms with E-state index in [0.29, 0.717) is 11.1 Å². The Labute approximate surface area is 95.7 Å². The molecule has 0 unspecified atom stereocenters. The molecule has 0 amide bonds. The molecule has 90 valence electrons. The molecule has 2 nitrogen and oxygen atoms in total. The second-order valence-corrected chi connectivity index (χ2v) is 11.1. The fourth-order valence-electron chi connectivity index (χ4n) is 1.83. The zero-order chi connectivity index (χ0) is 11.7. The maximum absolute atomic E-state index is 6.37. The molecule has 0 saturated heterocycles. The summed E-state index contributed by atoms with van der Waals surface area (Å²) in [5.41, 5.74) is 6.13. The molecule has 0 radical (unpaired) electrons. The van der Waals surface area contributed by atoms with E-state index in [1.807, 2.05) is 0 Å². The minimum absolute atomic E-state index is 0.271. The second-order valence-electron chi connectivity index (χ2n) is 6.36. The van der Waals surface area contributed by atoms with E-state index in [4.69, 9.17) is 10.2 Å². The van der Waals surface area contributed by atoms with Crippen molar-refractivity contribution in [2.75, 3.05) is 0 Å². The third kappa shape index (κ3) is 3.30. The highest BCUT2D eigenvalue weighted by Gasteiger charge is 2.40. The van der Waals surface area contributed by atoms with Gasteiger partial charge in [0.2, 0.25) is 0 Å². The van der Waals surface area contributed by atoms with E-state index in [1.54, 1.807) is 0 Å². The van der Waals surface area contributed by atoms with Gasteiger partial charge in [0.1, 0.15) is 0 Å². The molecule has 0 heterocycles. The predicted octanol–water partition coefficient (Wildman–Crippen LogP) is 3.28. The Balaban J connectivity index is 2.59. The van der Waals surface area contributed by atoms with Crippen molar-refractivity contribution in [2.45, 2.75) is 76.7 Å². The summed E-state index contributed by atoms with van der Waals surface area (Å²) in [6.07, 6.45) is 5.18. The average Bonchev–Trinajstić information content (AvgIpc) is 2.06. The molecule has 0 spiro atoms. The molecule has 0 aromatic heterocycles. The van der Waals surface area contributed by atoms with E-state index < -0.39 is 8.32 Å². The maximum Gasteiger partial charge on any atom is 0.192 e. The Kier molecular flexibility index (Phi) is 4.01. The first-order valence-corrected chi connectivity index (χ1v) is 9.08. The van der Waals surface area contributed by atoms with Crippen LogP contribution in [0.25, 0.3) is 0 Å². The molecule has 1 fully saturated rings. The second kappa shape index (κ2) is 4.56. The normalized spacial score (nSPS) is 29.2. The average molecular weight is 229 g/mol.